The van der Waals surface area contributed by atoms with Gasteiger partial charge >= 0.3 is 19.4 Å². The molecule has 3 aromatic rings. The number of pyridine rings is 1. The van der Waals surface area contributed by atoms with Gasteiger partial charge in [-0.3, -0.25) is 0 Å². The van der Waals surface area contributed by atoms with Crippen molar-refractivity contribution >= 4 is 30.2 Å². The van der Waals surface area contributed by atoms with Crippen molar-refractivity contribution in [3.63, 3.8) is 0 Å². The Morgan fingerprint density at radius 3 is 2.48 bits per heavy atom. The molecule has 0 N–H and O–H groups in total. The Morgan fingerprint density at radius 2 is 1.87 bits per heavy atom. The van der Waals surface area contributed by atoms with Crippen LogP contribution >= 0.6 is 11.9 Å². The number of alkyl halides is 3. The molecule has 1 aliphatic heterocycles. The maximum absolute atomic E-state index is 12.4. The molecular weight excluding hydrogens is 454 g/mol. The highest BCUT2D eigenvalue weighted by Crippen LogP contribution is 2.33. The fraction of sp³-hybridized carbons (Fsp3) is 0.294. The van der Waals surface area contributed by atoms with Crippen LogP contribution in [-0.2, 0) is 5.75 Å². The van der Waals surface area contributed by atoms with E-state index in [1.54, 1.807) is 38.2 Å². The lowest BCUT2D eigenvalue weighted by atomic mass is 10.2. The molecule has 0 amide bonds. The van der Waals surface area contributed by atoms with Crippen molar-refractivity contribution in [2.45, 2.75) is 18.9 Å². The van der Waals surface area contributed by atoms with E-state index in [0.29, 0.717) is 17.3 Å². The summed E-state index contributed by atoms with van der Waals surface area (Å²) in [5.74, 6) is 2.25. The maximum Gasteiger partial charge on any atom is 0.673 e. The van der Waals surface area contributed by atoms with Crippen LogP contribution in [0.5, 0.6) is 11.5 Å². The lowest BCUT2D eigenvalue weighted by Crippen LogP contribution is -2.41. The van der Waals surface area contributed by atoms with Crippen LogP contribution in [0.1, 0.15) is 11.3 Å². The van der Waals surface area contributed by atoms with E-state index >= 15 is 0 Å². The second kappa shape index (κ2) is 8.48. The minimum absolute atomic E-state index is 0.236. The Labute approximate surface area is 176 Å². The Bertz CT molecular complexity index is 1100. The summed E-state index contributed by atoms with van der Waals surface area (Å²) in [6.45, 7) is 0.461. The normalized spacial score (nSPS) is 13.2. The second-order valence-corrected chi connectivity index (χ2v) is 7.27. The molecule has 0 spiro atoms. The van der Waals surface area contributed by atoms with E-state index in [2.05, 4.69) is 4.98 Å². The molecule has 0 saturated carbocycles. The van der Waals surface area contributed by atoms with Crippen molar-refractivity contribution in [2.75, 3.05) is 13.7 Å². The van der Waals surface area contributed by atoms with E-state index in [0.717, 1.165) is 22.5 Å². The van der Waals surface area contributed by atoms with Crippen molar-refractivity contribution < 1.29 is 44.5 Å². The van der Waals surface area contributed by atoms with Gasteiger partial charge in [-0.2, -0.15) is 17.1 Å². The molecule has 3 heterocycles. The molecule has 0 atom stereocenters. The summed E-state index contributed by atoms with van der Waals surface area (Å²) >= 11 is 1.54. The molecule has 0 bridgehead atoms. The molecule has 1 aliphatic rings. The number of benzene rings is 1. The zero-order valence-corrected chi connectivity index (χ0v) is 16.9. The topological polar surface area (TPSA) is 40.2 Å². The lowest BCUT2D eigenvalue weighted by Gasteiger charge is -2.18. The van der Waals surface area contributed by atoms with Crippen LogP contribution in [-0.4, -0.2) is 36.1 Å². The highest BCUT2D eigenvalue weighted by atomic mass is 32.2. The van der Waals surface area contributed by atoms with Crippen molar-refractivity contribution in [3.8, 4) is 17.4 Å². The van der Waals surface area contributed by atoms with Crippen LogP contribution in [0.15, 0.2) is 30.5 Å². The molecule has 4 rings (SSSR count). The first-order valence-electron chi connectivity index (χ1n) is 8.68. The van der Waals surface area contributed by atoms with Gasteiger partial charge in [-0.05, 0) is 19.1 Å². The number of fused-ring (bicyclic) bond motifs is 5. The average molecular weight is 469 g/mol. The number of hydrogen-bond donors (Lipinski definition) is 0. The quantitative estimate of drug-likeness (QED) is 0.312. The standard InChI is InChI=1S/C17H15F3N3O2S.BF4/c1-10-14-8-26-23-13-4-3-11(24-2)7-12(13)21-16(23)22(14)6-5-15(10)25-9-17(18,19)20;2-1(3,4)5/h3-7H,8-9H2,1-2H3;/q+1;-1. The lowest BCUT2D eigenvalue weighted by molar-refractivity contribution is -0.612. The Kier molecular flexibility index (Phi) is 6.30. The highest BCUT2D eigenvalue weighted by Gasteiger charge is 2.33. The van der Waals surface area contributed by atoms with Crippen molar-refractivity contribution in [2.24, 2.45) is 0 Å². The Balaban J connectivity index is 0.000000491. The van der Waals surface area contributed by atoms with E-state index in [1.165, 1.54) is 0 Å². The summed E-state index contributed by atoms with van der Waals surface area (Å²) in [5, 5.41) is 0. The van der Waals surface area contributed by atoms with E-state index in [9.17, 15) is 30.4 Å². The molecular formula is C17H15BF7N3O2S. The van der Waals surface area contributed by atoms with Crippen LogP contribution in [0.2, 0.25) is 0 Å². The molecule has 5 nitrogen and oxygen atoms in total. The van der Waals surface area contributed by atoms with Crippen LogP contribution in [0, 0.1) is 6.92 Å². The first-order chi connectivity index (χ1) is 14.4. The highest BCUT2D eigenvalue weighted by molar-refractivity contribution is 7.97. The number of hydrogen-bond acceptors (Lipinski definition) is 4. The SMILES string of the molecule is COc1ccc2c(c1)nc1n2SCc2c(C)c(OCC(F)(F)F)cc[n+]2-1.F[B-](F)(F)F. The molecule has 2 aromatic heterocycles. The molecule has 0 radical (unpaired) electrons. The van der Waals surface area contributed by atoms with Crippen molar-refractivity contribution in [1.82, 2.24) is 8.96 Å². The number of aromatic nitrogens is 3. The molecule has 0 fully saturated rings. The van der Waals surface area contributed by atoms with Crippen molar-refractivity contribution in [1.29, 1.82) is 0 Å². The smallest absolute Gasteiger partial charge is 0.497 e. The van der Waals surface area contributed by atoms with Gasteiger partial charge in [0, 0.05) is 29.6 Å². The summed E-state index contributed by atoms with van der Waals surface area (Å²) in [4.78, 5) is 4.66. The number of halogens is 7. The molecule has 0 saturated heterocycles. The average Bonchev–Trinajstić information content (AvgIpc) is 3.03. The summed E-state index contributed by atoms with van der Waals surface area (Å²) in [6.07, 6.45) is -2.67. The minimum atomic E-state index is -6.00. The molecule has 1 aromatic carbocycles. The van der Waals surface area contributed by atoms with Gasteiger partial charge in [0.1, 0.15) is 17.2 Å². The molecule has 0 unspecified atom stereocenters. The summed E-state index contributed by atoms with van der Waals surface area (Å²) in [5.41, 5.74) is 3.30. The monoisotopic (exact) mass is 469 g/mol. The fourth-order valence-electron chi connectivity index (χ4n) is 2.92. The third kappa shape index (κ3) is 5.54. The third-order valence-corrected chi connectivity index (χ3v) is 5.23. The summed E-state index contributed by atoms with van der Waals surface area (Å²) in [6, 6.07) is 7.22. The van der Waals surface area contributed by atoms with Crippen molar-refractivity contribution in [3.05, 3.63) is 41.7 Å². The van der Waals surface area contributed by atoms with Gasteiger partial charge < -0.3 is 26.7 Å². The first-order valence-corrected chi connectivity index (χ1v) is 9.63. The summed E-state index contributed by atoms with van der Waals surface area (Å²) < 4.78 is 90.4. The number of nitrogens with zero attached hydrogens (tertiary/aromatic N) is 3. The maximum atomic E-state index is 12.4. The first kappa shape index (κ1) is 23.0. The van der Waals surface area contributed by atoms with Gasteiger partial charge in [-0.1, -0.05) is 4.98 Å². The predicted octanol–water partition coefficient (Wildman–Crippen LogP) is 4.88. The van der Waals surface area contributed by atoms with Gasteiger partial charge in [0.2, 0.25) is 0 Å². The number of methoxy groups -OCH3 is 1. The van der Waals surface area contributed by atoms with E-state index in [1.807, 2.05) is 26.7 Å². The van der Waals surface area contributed by atoms with Gasteiger partial charge in [0.25, 0.3) is 0 Å². The Hall–Kier alpha value is -2.64. The molecule has 0 aliphatic carbocycles. The predicted molar refractivity (Wildman–Crippen MR) is 101 cm³/mol. The van der Waals surface area contributed by atoms with Crippen LogP contribution in [0.25, 0.3) is 17.0 Å². The molecule has 14 heteroatoms. The number of rotatable bonds is 3. The van der Waals surface area contributed by atoms with Gasteiger partial charge in [0.15, 0.2) is 17.6 Å². The van der Waals surface area contributed by atoms with Gasteiger partial charge in [0.05, 0.1) is 19.1 Å². The van der Waals surface area contributed by atoms with E-state index in [4.69, 9.17) is 9.47 Å². The Morgan fingerprint density at radius 1 is 1.19 bits per heavy atom. The minimum Gasteiger partial charge on any atom is -0.497 e. The number of imidazole rings is 1. The third-order valence-electron chi connectivity index (χ3n) is 4.21. The zero-order valence-electron chi connectivity index (χ0n) is 16.1. The number of ether oxygens (including phenoxy) is 2. The van der Waals surface area contributed by atoms with E-state index in [-0.39, 0.29) is 5.75 Å². The van der Waals surface area contributed by atoms with E-state index < -0.39 is 20.0 Å². The largest absolute Gasteiger partial charge is 0.673 e. The molecule has 168 valence electrons. The molecule has 31 heavy (non-hydrogen) atoms. The van der Waals surface area contributed by atoms with Crippen LogP contribution in [0.4, 0.5) is 30.4 Å². The van der Waals surface area contributed by atoms with Gasteiger partial charge in [-0.25, -0.2) is 4.57 Å². The van der Waals surface area contributed by atoms with Crippen LogP contribution in [0.3, 0.4) is 0 Å². The van der Waals surface area contributed by atoms with Crippen LogP contribution < -0.4 is 14.0 Å². The van der Waals surface area contributed by atoms with Gasteiger partial charge in [-0.15, -0.1) is 0 Å². The fourth-order valence-corrected chi connectivity index (χ4v) is 4.06. The zero-order chi connectivity index (χ0) is 23.0. The summed E-state index contributed by atoms with van der Waals surface area (Å²) in [7, 11) is -4.40. The second-order valence-electron chi connectivity index (χ2n) is 6.35.